The minimum absolute atomic E-state index is 0.140. The number of carbonyl (C=O) groups is 1. The molecule has 1 aromatic rings. The van der Waals surface area contributed by atoms with E-state index in [4.69, 9.17) is 5.73 Å². The molecule has 3 N–H and O–H groups in total. The van der Waals surface area contributed by atoms with Crippen molar-refractivity contribution < 1.29 is 14.3 Å². The third-order valence-corrected chi connectivity index (χ3v) is 4.35. The van der Waals surface area contributed by atoms with Gasteiger partial charge in [0.1, 0.15) is 6.04 Å². The average Bonchev–Trinajstić information content (AvgIpc) is 2.26. The molecule has 0 bridgehead atoms. The van der Waals surface area contributed by atoms with E-state index in [1.54, 1.807) is 18.2 Å². The number of nitrogens with two attached hydrogens (primary N) is 1. The van der Waals surface area contributed by atoms with Crippen molar-refractivity contribution in [3.8, 4) is 0 Å². The minimum Gasteiger partial charge on any atom is -0.326 e. The van der Waals surface area contributed by atoms with Crippen LogP contribution in [0.5, 0.6) is 0 Å². The van der Waals surface area contributed by atoms with Crippen LogP contribution in [0.3, 0.4) is 0 Å². The summed E-state index contributed by atoms with van der Waals surface area (Å²) in [6, 6.07) is 7.47. The molecule has 2 rings (SSSR count). The molecule has 1 aromatic carbocycles. The summed E-state index contributed by atoms with van der Waals surface area (Å²) in [5, 5.41) is 0.255. The van der Waals surface area contributed by atoms with E-state index >= 15 is 0 Å². The first-order valence-corrected chi connectivity index (χ1v) is 6.10. The molecule has 2 atom stereocenters. The highest BCUT2D eigenvalue weighted by atomic mass is 31.2. The Morgan fingerprint density at radius 1 is 1.40 bits per heavy atom. The molecule has 1 aliphatic rings. The molecule has 80 valence electrons. The van der Waals surface area contributed by atoms with Crippen LogP contribution in [0.15, 0.2) is 30.3 Å². The molecule has 15 heavy (non-hydrogen) atoms. The molecule has 1 unspecified atom stereocenters. The Hall–Kier alpha value is -1.16. The lowest BCUT2D eigenvalue weighted by atomic mass is 10.2. The van der Waals surface area contributed by atoms with Crippen LogP contribution in [0, 0.1) is 0 Å². The van der Waals surface area contributed by atoms with Crippen LogP contribution in [0.25, 0.3) is 0 Å². The van der Waals surface area contributed by atoms with Gasteiger partial charge in [-0.15, -0.1) is 0 Å². The van der Waals surface area contributed by atoms with E-state index in [0.29, 0.717) is 0 Å². The van der Waals surface area contributed by atoms with Crippen molar-refractivity contribution in [2.45, 2.75) is 6.04 Å². The molecule has 5 nitrogen and oxygen atoms in total. The van der Waals surface area contributed by atoms with Gasteiger partial charge in [0, 0.05) is 0 Å². The highest BCUT2D eigenvalue weighted by Gasteiger charge is 2.45. The summed E-state index contributed by atoms with van der Waals surface area (Å²) in [6.07, 6.45) is 0. The zero-order valence-electron chi connectivity index (χ0n) is 7.91. The van der Waals surface area contributed by atoms with Crippen LogP contribution in [0.2, 0.25) is 0 Å². The lowest BCUT2D eigenvalue weighted by Crippen LogP contribution is -2.59. The number of hydrogen-bond donors (Lipinski definition) is 2. The summed E-state index contributed by atoms with van der Waals surface area (Å²) < 4.78 is 12.9. The number of benzene rings is 1. The Labute approximate surface area is 87.0 Å². The third kappa shape index (κ3) is 1.59. The molecule has 0 saturated carbocycles. The van der Waals surface area contributed by atoms with E-state index in [1.165, 1.54) is 12.1 Å². The minimum atomic E-state index is -3.74. The second kappa shape index (κ2) is 3.45. The third-order valence-electron chi connectivity index (χ3n) is 2.36. The molecule has 6 heteroatoms. The number of rotatable bonds is 2. The average molecular weight is 226 g/mol. The van der Waals surface area contributed by atoms with Gasteiger partial charge in [-0.05, 0) is 12.1 Å². The van der Waals surface area contributed by atoms with E-state index < -0.39 is 19.5 Å². The molecule has 1 heterocycles. The smallest absolute Gasteiger partial charge is 0.326 e. The van der Waals surface area contributed by atoms with Gasteiger partial charge in [-0.25, -0.2) is 0 Å². The molecular weight excluding hydrogens is 215 g/mol. The van der Waals surface area contributed by atoms with Gasteiger partial charge in [0.2, 0.25) is 5.91 Å². The van der Waals surface area contributed by atoms with E-state index in [-0.39, 0.29) is 11.8 Å². The number of β-lactam (4-membered cyclic amide) rings is 1. The van der Waals surface area contributed by atoms with Crippen molar-refractivity contribution in [1.29, 1.82) is 0 Å². The topological polar surface area (TPSA) is 83.6 Å². The maximum absolute atomic E-state index is 12.0. The molecular formula is C9H11N2O3P. The largest absolute Gasteiger partial charge is 0.326 e. The summed E-state index contributed by atoms with van der Waals surface area (Å²) in [4.78, 5) is 21.0. The van der Waals surface area contributed by atoms with Crippen molar-refractivity contribution in [3.05, 3.63) is 30.3 Å². The Morgan fingerprint density at radius 2 is 2.00 bits per heavy atom. The zero-order valence-corrected chi connectivity index (χ0v) is 8.80. The fraction of sp³-hybridized carbons (Fsp3) is 0.222. The highest BCUT2D eigenvalue weighted by molar-refractivity contribution is 7.64. The summed E-state index contributed by atoms with van der Waals surface area (Å²) in [5.41, 5.74) is 5.36. The first kappa shape index (κ1) is 10.4. The molecule has 1 aliphatic heterocycles. The van der Waals surface area contributed by atoms with Crippen LogP contribution in [-0.2, 0) is 9.36 Å². The Bertz CT molecular complexity index is 434. The van der Waals surface area contributed by atoms with E-state index in [9.17, 15) is 14.3 Å². The predicted octanol–water partition coefficient (Wildman–Crippen LogP) is -0.333. The Balaban J connectivity index is 2.29. The normalized spacial score (nSPS) is 24.5. The van der Waals surface area contributed by atoms with Gasteiger partial charge in [0.25, 0.3) is 0 Å². The number of amides is 1. The fourth-order valence-corrected chi connectivity index (χ4v) is 3.09. The van der Waals surface area contributed by atoms with E-state index in [2.05, 4.69) is 0 Å². The molecule has 1 saturated heterocycles. The molecule has 1 fully saturated rings. The van der Waals surface area contributed by atoms with Crippen molar-refractivity contribution in [2.75, 3.05) is 6.54 Å². The van der Waals surface area contributed by atoms with E-state index in [0.717, 1.165) is 4.67 Å². The van der Waals surface area contributed by atoms with Crippen molar-refractivity contribution >= 4 is 18.7 Å². The van der Waals surface area contributed by atoms with Gasteiger partial charge in [-0.1, -0.05) is 18.2 Å². The van der Waals surface area contributed by atoms with Crippen LogP contribution in [-0.4, -0.2) is 28.1 Å². The van der Waals surface area contributed by atoms with Gasteiger partial charge in [0.15, 0.2) is 0 Å². The quantitative estimate of drug-likeness (QED) is 0.534. The highest BCUT2D eigenvalue weighted by Crippen LogP contribution is 2.47. The van der Waals surface area contributed by atoms with Crippen LogP contribution in [0.1, 0.15) is 0 Å². The number of carbonyl (C=O) groups excluding carboxylic acids is 1. The first-order chi connectivity index (χ1) is 7.03. The Kier molecular flexibility index (Phi) is 2.38. The summed E-state index contributed by atoms with van der Waals surface area (Å²) >= 11 is 0. The lowest BCUT2D eigenvalue weighted by Gasteiger charge is -2.38. The zero-order chi connectivity index (χ0) is 11.1. The summed E-state index contributed by atoms with van der Waals surface area (Å²) in [7, 11) is -3.74. The van der Waals surface area contributed by atoms with Crippen LogP contribution < -0.4 is 11.0 Å². The summed E-state index contributed by atoms with van der Waals surface area (Å²) in [6.45, 7) is 0.140. The van der Waals surface area contributed by atoms with Crippen molar-refractivity contribution in [1.82, 2.24) is 4.67 Å². The standard InChI is InChI=1S/C9H11N2O3P/c10-8-6-11(9(8)12)15(13,14)7-4-2-1-3-5-7/h1-5,8H,6,10H2,(H,13,14)/t8-/m0/s1. The van der Waals surface area contributed by atoms with Gasteiger partial charge < -0.3 is 10.6 Å². The van der Waals surface area contributed by atoms with Crippen LogP contribution in [0.4, 0.5) is 0 Å². The second-order valence-electron chi connectivity index (χ2n) is 3.41. The molecule has 0 spiro atoms. The van der Waals surface area contributed by atoms with Gasteiger partial charge in [-0.2, -0.15) is 0 Å². The SMILES string of the molecule is N[C@H]1CN(P(=O)(O)c2ccccc2)C1=O. The van der Waals surface area contributed by atoms with E-state index in [1.807, 2.05) is 0 Å². The van der Waals surface area contributed by atoms with Crippen molar-refractivity contribution in [3.63, 3.8) is 0 Å². The predicted molar refractivity (Wildman–Crippen MR) is 55.6 cm³/mol. The molecule has 1 amide bonds. The first-order valence-electron chi connectivity index (χ1n) is 4.49. The number of hydrogen-bond acceptors (Lipinski definition) is 3. The van der Waals surface area contributed by atoms with Gasteiger partial charge in [-0.3, -0.25) is 14.0 Å². The molecule has 0 aromatic heterocycles. The second-order valence-corrected chi connectivity index (χ2v) is 5.49. The fourth-order valence-electron chi connectivity index (χ4n) is 1.44. The maximum atomic E-state index is 12.0. The molecule has 0 radical (unpaired) electrons. The van der Waals surface area contributed by atoms with Gasteiger partial charge >= 0.3 is 7.52 Å². The van der Waals surface area contributed by atoms with Crippen LogP contribution >= 0.6 is 7.52 Å². The maximum Gasteiger partial charge on any atom is 0.326 e. The summed E-state index contributed by atoms with van der Waals surface area (Å²) in [5.74, 6) is -0.468. The van der Waals surface area contributed by atoms with Crippen molar-refractivity contribution in [2.24, 2.45) is 5.73 Å². The lowest BCUT2D eigenvalue weighted by molar-refractivity contribution is -0.135. The molecule has 0 aliphatic carbocycles. The monoisotopic (exact) mass is 226 g/mol. The van der Waals surface area contributed by atoms with Gasteiger partial charge in [0.05, 0.1) is 11.8 Å². The Morgan fingerprint density at radius 3 is 2.47 bits per heavy atom. The number of nitrogens with zero attached hydrogens (tertiary/aromatic N) is 1.